The molecule has 0 aromatic carbocycles. The Balaban J connectivity index is 1.92. The van der Waals surface area contributed by atoms with Gasteiger partial charge >= 0.3 is 0 Å². The van der Waals surface area contributed by atoms with Gasteiger partial charge in [0.2, 0.25) is 0 Å². The van der Waals surface area contributed by atoms with Crippen LogP contribution >= 0.6 is 22.9 Å². The lowest BCUT2D eigenvalue weighted by Gasteiger charge is -2.21. The van der Waals surface area contributed by atoms with Crippen LogP contribution in [0.2, 0.25) is 0 Å². The maximum Gasteiger partial charge on any atom is 0.120 e. The summed E-state index contributed by atoms with van der Waals surface area (Å²) in [7, 11) is 0. The summed E-state index contributed by atoms with van der Waals surface area (Å²) < 4.78 is 0. The Morgan fingerprint density at radius 2 is 2.23 bits per heavy atom. The molecule has 72 valence electrons. The fraction of sp³-hybridized carbons (Fsp3) is 0.778. The Morgan fingerprint density at radius 1 is 1.38 bits per heavy atom. The third-order valence-electron chi connectivity index (χ3n) is 2.46. The van der Waals surface area contributed by atoms with Crippen molar-refractivity contribution in [2.45, 2.75) is 38.0 Å². The number of hydrogen-bond donors (Lipinski definition) is 0. The number of aromatic nitrogens is 2. The molecule has 1 saturated carbocycles. The van der Waals surface area contributed by atoms with E-state index in [2.05, 4.69) is 10.2 Å². The molecule has 0 atom stereocenters. The van der Waals surface area contributed by atoms with Gasteiger partial charge in [0.15, 0.2) is 0 Å². The van der Waals surface area contributed by atoms with Crippen molar-refractivity contribution in [2.75, 3.05) is 5.88 Å². The molecule has 0 bridgehead atoms. The normalized spacial score (nSPS) is 17.3. The molecule has 0 amide bonds. The lowest BCUT2D eigenvalue weighted by molar-refractivity contribution is 0.416. The molecular formula is C9H13ClN2S. The summed E-state index contributed by atoms with van der Waals surface area (Å²) in [5, 5.41) is 10.8. The lowest BCUT2D eigenvalue weighted by Crippen LogP contribution is -2.07. The van der Waals surface area contributed by atoms with Gasteiger partial charge in [-0.25, -0.2) is 0 Å². The molecule has 1 aromatic heterocycles. The van der Waals surface area contributed by atoms with E-state index in [0.717, 1.165) is 29.6 Å². The van der Waals surface area contributed by atoms with Crippen molar-refractivity contribution in [1.82, 2.24) is 10.2 Å². The first-order valence-electron chi connectivity index (χ1n) is 4.78. The highest BCUT2D eigenvalue weighted by atomic mass is 35.5. The summed E-state index contributed by atoms with van der Waals surface area (Å²) in [5.41, 5.74) is 0. The Bertz CT molecular complexity index is 270. The highest BCUT2D eigenvalue weighted by molar-refractivity contribution is 7.11. The molecule has 1 heterocycles. The first-order chi connectivity index (χ1) is 6.40. The molecular weight excluding hydrogens is 204 g/mol. The topological polar surface area (TPSA) is 25.8 Å². The highest BCUT2D eigenvalue weighted by Crippen LogP contribution is 2.37. The zero-order valence-corrected chi connectivity index (χ0v) is 9.07. The number of alkyl halides is 1. The van der Waals surface area contributed by atoms with Crippen LogP contribution in [0.15, 0.2) is 0 Å². The Kier molecular flexibility index (Phi) is 3.17. The molecule has 0 N–H and O–H groups in total. The smallest absolute Gasteiger partial charge is 0.120 e. The van der Waals surface area contributed by atoms with Gasteiger partial charge in [-0.05, 0) is 19.3 Å². The van der Waals surface area contributed by atoms with Crippen LogP contribution < -0.4 is 0 Å². The summed E-state index contributed by atoms with van der Waals surface area (Å²) in [4.78, 5) is 0. The minimum Gasteiger partial charge on any atom is -0.144 e. The molecule has 1 aromatic rings. The van der Waals surface area contributed by atoms with Crippen LogP contribution in [0.25, 0.3) is 0 Å². The predicted octanol–water partition coefficient (Wildman–Crippen LogP) is 2.98. The van der Waals surface area contributed by atoms with Gasteiger partial charge in [-0.1, -0.05) is 6.42 Å². The molecule has 0 saturated heterocycles. The quantitative estimate of drug-likeness (QED) is 0.724. The Morgan fingerprint density at radius 3 is 2.85 bits per heavy atom. The van der Waals surface area contributed by atoms with E-state index in [9.17, 15) is 0 Å². The van der Waals surface area contributed by atoms with Crippen LogP contribution in [0.1, 0.15) is 41.6 Å². The molecule has 4 heteroatoms. The van der Waals surface area contributed by atoms with Crippen LogP contribution in [0.3, 0.4) is 0 Å². The van der Waals surface area contributed by atoms with E-state index in [-0.39, 0.29) is 0 Å². The van der Waals surface area contributed by atoms with E-state index < -0.39 is 0 Å². The van der Waals surface area contributed by atoms with Gasteiger partial charge in [-0.3, -0.25) is 0 Å². The van der Waals surface area contributed by atoms with Gasteiger partial charge in [-0.15, -0.1) is 33.1 Å². The number of halogens is 1. The van der Waals surface area contributed by atoms with Crippen LogP contribution in [0, 0.1) is 0 Å². The number of nitrogens with zero attached hydrogens (tertiary/aromatic N) is 2. The molecule has 0 unspecified atom stereocenters. The molecule has 0 radical (unpaired) electrons. The summed E-state index contributed by atoms with van der Waals surface area (Å²) in [5.74, 6) is 1.44. The summed E-state index contributed by atoms with van der Waals surface area (Å²) >= 11 is 7.39. The maximum absolute atomic E-state index is 5.62. The zero-order chi connectivity index (χ0) is 9.10. The second-order valence-corrected chi connectivity index (χ2v) is 4.93. The van der Waals surface area contributed by atoms with Gasteiger partial charge in [0, 0.05) is 18.2 Å². The number of rotatable bonds is 4. The number of hydrogen-bond acceptors (Lipinski definition) is 3. The highest BCUT2D eigenvalue weighted by Gasteiger charge is 2.23. The third kappa shape index (κ3) is 2.20. The van der Waals surface area contributed by atoms with Crippen molar-refractivity contribution in [1.29, 1.82) is 0 Å². The first kappa shape index (κ1) is 9.41. The molecule has 2 rings (SSSR count). The lowest BCUT2D eigenvalue weighted by atomic mass is 9.86. The number of aryl methyl sites for hydroxylation is 1. The monoisotopic (exact) mass is 216 g/mol. The fourth-order valence-electron chi connectivity index (χ4n) is 1.41. The molecule has 1 aliphatic carbocycles. The van der Waals surface area contributed by atoms with E-state index in [4.69, 9.17) is 11.6 Å². The molecule has 0 aliphatic heterocycles. The van der Waals surface area contributed by atoms with E-state index in [1.807, 2.05) is 0 Å². The van der Waals surface area contributed by atoms with Gasteiger partial charge in [0.05, 0.1) is 0 Å². The standard InChI is InChI=1S/C9H13ClN2S/c10-6-2-5-8-11-12-9(13-8)7-3-1-4-7/h7H,1-6H2. The van der Waals surface area contributed by atoms with Crippen LogP contribution in [0.4, 0.5) is 0 Å². The van der Waals surface area contributed by atoms with Crippen molar-refractivity contribution >= 4 is 22.9 Å². The van der Waals surface area contributed by atoms with Gasteiger partial charge in [-0.2, -0.15) is 0 Å². The molecule has 1 aliphatic rings. The van der Waals surface area contributed by atoms with Gasteiger partial charge in [0.25, 0.3) is 0 Å². The fourth-order valence-corrected chi connectivity index (χ4v) is 2.59. The SMILES string of the molecule is ClCCCc1nnc(C2CCC2)s1. The minimum absolute atomic E-state index is 0.721. The second-order valence-electron chi connectivity index (χ2n) is 3.45. The Labute approximate surface area is 87.3 Å². The molecule has 1 fully saturated rings. The van der Waals surface area contributed by atoms with Crippen LogP contribution in [0.5, 0.6) is 0 Å². The average Bonchev–Trinajstić information content (AvgIpc) is 2.46. The maximum atomic E-state index is 5.62. The van der Waals surface area contributed by atoms with Crippen LogP contribution in [-0.2, 0) is 6.42 Å². The average molecular weight is 217 g/mol. The second kappa shape index (κ2) is 4.38. The van der Waals surface area contributed by atoms with Gasteiger partial charge in [0.1, 0.15) is 10.0 Å². The van der Waals surface area contributed by atoms with Crippen molar-refractivity contribution in [3.05, 3.63) is 10.0 Å². The van der Waals surface area contributed by atoms with E-state index >= 15 is 0 Å². The van der Waals surface area contributed by atoms with E-state index in [1.165, 1.54) is 24.3 Å². The van der Waals surface area contributed by atoms with Crippen molar-refractivity contribution in [3.63, 3.8) is 0 Å². The van der Waals surface area contributed by atoms with Crippen molar-refractivity contribution < 1.29 is 0 Å². The Hall–Kier alpha value is -0.150. The predicted molar refractivity (Wildman–Crippen MR) is 55.5 cm³/mol. The minimum atomic E-state index is 0.721. The van der Waals surface area contributed by atoms with Crippen LogP contribution in [-0.4, -0.2) is 16.1 Å². The van der Waals surface area contributed by atoms with E-state index in [0.29, 0.717) is 0 Å². The summed E-state index contributed by atoms with van der Waals surface area (Å²) in [6, 6.07) is 0. The van der Waals surface area contributed by atoms with Gasteiger partial charge < -0.3 is 0 Å². The molecule has 13 heavy (non-hydrogen) atoms. The largest absolute Gasteiger partial charge is 0.144 e. The van der Waals surface area contributed by atoms with Crippen molar-refractivity contribution in [2.24, 2.45) is 0 Å². The summed E-state index contributed by atoms with van der Waals surface area (Å²) in [6.45, 7) is 0. The first-order valence-corrected chi connectivity index (χ1v) is 6.13. The molecule has 2 nitrogen and oxygen atoms in total. The summed E-state index contributed by atoms with van der Waals surface area (Å²) in [6.07, 6.45) is 5.99. The zero-order valence-electron chi connectivity index (χ0n) is 7.50. The molecule has 0 spiro atoms. The third-order valence-corrected chi connectivity index (χ3v) is 3.87. The van der Waals surface area contributed by atoms with Crippen molar-refractivity contribution in [3.8, 4) is 0 Å². The van der Waals surface area contributed by atoms with E-state index in [1.54, 1.807) is 11.3 Å².